The van der Waals surface area contributed by atoms with Crippen molar-refractivity contribution in [2.45, 2.75) is 31.7 Å². The molecule has 0 spiro atoms. The first-order valence-corrected chi connectivity index (χ1v) is 11.8. The molecule has 3 aromatic carbocycles. The van der Waals surface area contributed by atoms with Gasteiger partial charge >= 0.3 is 0 Å². The summed E-state index contributed by atoms with van der Waals surface area (Å²) < 4.78 is 0. The molecule has 0 aliphatic heterocycles. The molecule has 4 nitrogen and oxygen atoms in total. The third kappa shape index (κ3) is 6.28. The van der Waals surface area contributed by atoms with E-state index in [1.807, 2.05) is 29.2 Å². The van der Waals surface area contributed by atoms with Crippen LogP contribution < -0.4 is 5.32 Å². The third-order valence-corrected chi connectivity index (χ3v) is 6.33. The lowest BCUT2D eigenvalue weighted by Crippen LogP contribution is -2.33. The first kappa shape index (κ1) is 23.2. The van der Waals surface area contributed by atoms with E-state index in [1.165, 1.54) is 18.4 Å². The zero-order valence-corrected chi connectivity index (χ0v) is 19.7. The number of hydrogen-bond donors (Lipinski definition) is 1. The molecule has 6 heteroatoms. The number of benzene rings is 3. The van der Waals surface area contributed by atoms with E-state index in [-0.39, 0.29) is 12.5 Å². The molecule has 4 rings (SSSR count). The van der Waals surface area contributed by atoms with Crippen molar-refractivity contribution in [3.05, 3.63) is 99.0 Å². The van der Waals surface area contributed by atoms with Crippen LogP contribution in [0.2, 0.25) is 10.0 Å². The number of nitriles is 1. The largest absolute Gasteiger partial charge is 0.372 e. The Balaban J connectivity index is 1.58. The van der Waals surface area contributed by atoms with Crippen LogP contribution in [0.25, 0.3) is 0 Å². The monoisotopic (exact) mass is 477 g/mol. The van der Waals surface area contributed by atoms with Crippen molar-refractivity contribution in [3.8, 4) is 6.07 Å². The summed E-state index contributed by atoms with van der Waals surface area (Å²) in [5.74, 6) is 0.570. The molecule has 1 amide bonds. The highest BCUT2D eigenvalue weighted by Gasteiger charge is 2.24. The van der Waals surface area contributed by atoms with E-state index in [2.05, 4.69) is 35.7 Å². The molecule has 0 bridgehead atoms. The summed E-state index contributed by atoms with van der Waals surface area (Å²) in [6, 6.07) is 23.4. The number of nitrogens with one attached hydrogen (secondary N) is 1. The lowest BCUT2D eigenvalue weighted by molar-refractivity contribution is 0.0746. The standard InChI is InChI=1S/C27H25Cl2N3O/c28-23-9-3-19(4-10-23)13-16-32(18-20-1-5-21(6-2-20)22-7-8-22)27(33)25-17-24(29)11-12-26(25)31-15-14-30/h1-6,9-12,17,22,31H,7-8,13,15-16,18H2. The number of amides is 1. The summed E-state index contributed by atoms with van der Waals surface area (Å²) >= 11 is 12.2. The van der Waals surface area contributed by atoms with Gasteiger partial charge in [-0.1, -0.05) is 59.6 Å². The molecule has 1 aliphatic carbocycles. The minimum Gasteiger partial charge on any atom is -0.372 e. The Morgan fingerprint density at radius 3 is 2.30 bits per heavy atom. The molecule has 0 aromatic heterocycles. The quantitative estimate of drug-likeness (QED) is 0.349. The fourth-order valence-electron chi connectivity index (χ4n) is 3.85. The Labute approximate surface area is 204 Å². The van der Waals surface area contributed by atoms with Gasteiger partial charge < -0.3 is 10.2 Å². The van der Waals surface area contributed by atoms with Crippen LogP contribution in [0.5, 0.6) is 0 Å². The van der Waals surface area contributed by atoms with E-state index in [1.54, 1.807) is 18.2 Å². The summed E-state index contributed by atoms with van der Waals surface area (Å²) in [7, 11) is 0. The van der Waals surface area contributed by atoms with Crippen LogP contribution in [0.1, 0.15) is 45.8 Å². The number of anilines is 1. The second kappa shape index (κ2) is 10.7. The highest BCUT2D eigenvalue weighted by Crippen LogP contribution is 2.40. The van der Waals surface area contributed by atoms with E-state index < -0.39 is 0 Å². The Hall–Kier alpha value is -3.00. The Morgan fingerprint density at radius 2 is 1.64 bits per heavy atom. The van der Waals surface area contributed by atoms with Gasteiger partial charge in [0.05, 0.1) is 11.6 Å². The summed E-state index contributed by atoms with van der Waals surface area (Å²) in [6.07, 6.45) is 3.22. The van der Waals surface area contributed by atoms with Gasteiger partial charge in [0.15, 0.2) is 0 Å². The molecular weight excluding hydrogens is 453 g/mol. The fourth-order valence-corrected chi connectivity index (χ4v) is 4.15. The lowest BCUT2D eigenvalue weighted by Gasteiger charge is -2.25. The molecule has 1 N–H and O–H groups in total. The smallest absolute Gasteiger partial charge is 0.256 e. The molecule has 1 fully saturated rings. The molecule has 0 saturated heterocycles. The number of halogens is 2. The Kier molecular flexibility index (Phi) is 7.54. The van der Waals surface area contributed by atoms with Crippen LogP contribution in [0, 0.1) is 11.3 Å². The van der Waals surface area contributed by atoms with Crippen LogP contribution >= 0.6 is 23.2 Å². The van der Waals surface area contributed by atoms with E-state index in [0.717, 1.165) is 11.1 Å². The van der Waals surface area contributed by atoms with Crippen molar-refractivity contribution in [1.82, 2.24) is 4.90 Å². The molecule has 3 aromatic rings. The van der Waals surface area contributed by atoms with Gasteiger partial charge in [0.2, 0.25) is 0 Å². The van der Waals surface area contributed by atoms with Gasteiger partial charge in [-0.3, -0.25) is 4.79 Å². The van der Waals surface area contributed by atoms with Crippen LogP contribution in [-0.4, -0.2) is 23.9 Å². The predicted molar refractivity (Wildman–Crippen MR) is 134 cm³/mol. The van der Waals surface area contributed by atoms with Gasteiger partial charge in [-0.2, -0.15) is 5.26 Å². The zero-order chi connectivity index (χ0) is 23.2. The lowest BCUT2D eigenvalue weighted by atomic mass is 10.1. The molecule has 0 atom stereocenters. The Morgan fingerprint density at radius 1 is 0.970 bits per heavy atom. The minimum atomic E-state index is -0.127. The van der Waals surface area contributed by atoms with Crippen molar-refractivity contribution in [3.63, 3.8) is 0 Å². The normalized spacial score (nSPS) is 12.8. The average Bonchev–Trinajstić information content (AvgIpc) is 3.67. The van der Waals surface area contributed by atoms with Gasteiger partial charge in [-0.15, -0.1) is 0 Å². The van der Waals surface area contributed by atoms with Gasteiger partial charge in [-0.05, 0) is 72.2 Å². The summed E-state index contributed by atoms with van der Waals surface area (Å²) in [5.41, 5.74) is 4.62. The summed E-state index contributed by atoms with van der Waals surface area (Å²) in [6.45, 7) is 1.13. The van der Waals surface area contributed by atoms with Gasteiger partial charge in [0.1, 0.15) is 6.54 Å². The number of hydrogen-bond acceptors (Lipinski definition) is 3. The van der Waals surface area contributed by atoms with E-state index in [9.17, 15) is 4.79 Å². The van der Waals surface area contributed by atoms with Crippen LogP contribution in [0.15, 0.2) is 66.7 Å². The van der Waals surface area contributed by atoms with Crippen molar-refractivity contribution < 1.29 is 4.79 Å². The molecule has 0 unspecified atom stereocenters. The highest BCUT2D eigenvalue weighted by molar-refractivity contribution is 6.31. The third-order valence-electron chi connectivity index (χ3n) is 5.84. The number of rotatable bonds is 9. The van der Waals surface area contributed by atoms with Crippen molar-refractivity contribution in [2.24, 2.45) is 0 Å². The topological polar surface area (TPSA) is 56.1 Å². The maximum absolute atomic E-state index is 13.7. The van der Waals surface area contributed by atoms with Crippen LogP contribution in [-0.2, 0) is 13.0 Å². The fraction of sp³-hybridized carbons (Fsp3) is 0.259. The van der Waals surface area contributed by atoms with Gasteiger partial charge in [0, 0.05) is 28.8 Å². The van der Waals surface area contributed by atoms with Gasteiger partial charge in [0.25, 0.3) is 5.91 Å². The SMILES string of the molecule is N#CCNc1ccc(Cl)cc1C(=O)N(CCc1ccc(Cl)cc1)Cc1ccc(C2CC2)cc1. The first-order chi connectivity index (χ1) is 16.0. The van der Waals surface area contributed by atoms with Crippen LogP contribution in [0.3, 0.4) is 0 Å². The zero-order valence-electron chi connectivity index (χ0n) is 18.2. The molecule has 168 valence electrons. The Bertz CT molecular complexity index is 1150. The van der Waals surface area contributed by atoms with Crippen molar-refractivity contribution in [2.75, 3.05) is 18.4 Å². The molecule has 0 heterocycles. The molecule has 1 saturated carbocycles. The van der Waals surface area contributed by atoms with Crippen LogP contribution in [0.4, 0.5) is 5.69 Å². The van der Waals surface area contributed by atoms with E-state index in [4.69, 9.17) is 28.5 Å². The number of carbonyl (C=O) groups is 1. The second-order valence-corrected chi connectivity index (χ2v) is 9.19. The summed E-state index contributed by atoms with van der Waals surface area (Å²) in [5, 5.41) is 13.2. The maximum Gasteiger partial charge on any atom is 0.256 e. The predicted octanol–water partition coefficient (Wildman–Crippen LogP) is 6.69. The highest BCUT2D eigenvalue weighted by atomic mass is 35.5. The first-order valence-electron chi connectivity index (χ1n) is 11.1. The van der Waals surface area contributed by atoms with E-state index >= 15 is 0 Å². The van der Waals surface area contributed by atoms with Crippen molar-refractivity contribution >= 4 is 34.8 Å². The average molecular weight is 478 g/mol. The maximum atomic E-state index is 13.7. The molecule has 33 heavy (non-hydrogen) atoms. The van der Waals surface area contributed by atoms with Crippen molar-refractivity contribution in [1.29, 1.82) is 5.26 Å². The number of carbonyl (C=O) groups excluding carboxylic acids is 1. The van der Waals surface area contributed by atoms with E-state index in [0.29, 0.717) is 46.7 Å². The molecule has 0 radical (unpaired) electrons. The second-order valence-electron chi connectivity index (χ2n) is 8.32. The molecular formula is C27H25Cl2N3O. The minimum absolute atomic E-state index is 0.106. The number of nitrogens with zero attached hydrogens (tertiary/aromatic N) is 2. The molecule has 1 aliphatic rings. The summed E-state index contributed by atoms with van der Waals surface area (Å²) in [4.78, 5) is 15.5. The van der Waals surface area contributed by atoms with Gasteiger partial charge in [-0.25, -0.2) is 0 Å².